The number of phenols is 1. The topological polar surface area (TPSA) is 92.5 Å². The molecule has 6 nitrogen and oxygen atoms in total. The van der Waals surface area contributed by atoms with Crippen molar-refractivity contribution in [1.82, 2.24) is 0 Å². The third kappa shape index (κ3) is 3.60. The van der Waals surface area contributed by atoms with E-state index in [1.54, 1.807) is 12.1 Å². The van der Waals surface area contributed by atoms with Crippen molar-refractivity contribution < 1.29 is 14.8 Å². The number of carbonyl (C=O) groups excluding carboxylic acids is 1. The third-order valence-corrected chi connectivity index (χ3v) is 3.66. The number of aromatic hydroxyl groups is 1. The second-order valence-corrected chi connectivity index (χ2v) is 5.68. The van der Waals surface area contributed by atoms with Crippen LogP contribution in [-0.4, -0.2) is 15.9 Å². The van der Waals surface area contributed by atoms with Crippen molar-refractivity contribution in [2.75, 3.05) is 5.32 Å². The van der Waals surface area contributed by atoms with Crippen molar-refractivity contribution in [2.24, 2.45) is 0 Å². The molecule has 0 heterocycles. The Morgan fingerprint density at radius 2 is 2.00 bits per heavy atom. The highest BCUT2D eigenvalue weighted by atomic mass is 35.5. The lowest BCUT2D eigenvalue weighted by Gasteiger charge is -2.13. The van der Waals surface area contributed by atoms with Crippen LogP contribution in [0.4, 0.5) is 11.4 Å². The van der Waals surface area contributed by atoms with E-state index >= 15 is 0 Å². The van der Waals surface area contributed by atoms with E-state index in [9.17, 15) is 20.0 Å². The number of amides is 1. The number of benzene rings is 2. The molecule has 0 saturated carbocycles. The lowest BCUT2D eigenvalue weighted by atomic mass is 9.99. The van der Waals surface area contributed by atoms with Gasteiger partial charge in [0.05, 0.1) is 21.2 Å². The number of anilines is 1. The molecule has 2 aromatic carbocycles. The van der Waals surface area contributed by atoms with E-state index in [0.717, 1.165) is 6.07 Å². The molecular formula is C16H15ClN2O4. The summed E-state index contributed by atoms with van der Waals surface area (Å²) in [5, 5.41) is 23.5. The standard InChI is InChI=1S/C16H15ClN2O4/c1-9(2)11-4-3-5-12(15(11)20)16(21)18-14-7-6-10(19(22)23)8-13(14)17/h3-9,20H,1-2H3,(H,18,21). The van der Waals surface area contributed by atoms with Crippen LogP contribution in [0.5, 0.6) is 5.75 Å². The number of rotatable bonds is 4. The zero-order chi connectivity index (χ0) is 17.1. The second-order valence-electron chi connectivity index (χ2n) is 5.27. The van der Waals surface area contributed by atoms with Gasteiger partial charge in [-0.25, -0.2) is 0 Å². The summed E-state index contributed by atoms with van der Waals surface area (Å²) in [7, 11) is 0. The second kappa shape index (κ2) is 6.66. The van der Waals surface area contributed by atoms with E-state index in [2.05, 4.69) is 5.32 Å². The fourth-order valence-corrected chi connectivity index (χ4v) is 2.34. The molecule has 0 saturated heterocycles. The van der Waals surface area contributed by atoms with Crippen molar-refractivity contribution in [3.8, 4) is 5.75 Å². The molecule has 23 heavy (non-hydrogen) atoms. The van der Waals surface area contributed by atoms with Gasteiger partial charge < -0.3 is 10.4 Å². The summed E-state index contributed by atoms with van der Waals surface area (Å²) in [4.78, 5) is 22.4. The van der Waals surface area contributed by atoms with Gasteiger partial charge in [-0.1, -0.05) is 37.6 Å². The summed E-state index contributed by atoms with van der Waals surface area (Å²) in [6.45, 7) is 3.81. The first-order valence-corrected chi connectivity index (χ1v) is 7.26. The Labute approximate surface area is 137 Å². The molecule has 0 atom stereocenters. The van der Waals surface area contributed by atoms with Crippen LogP contribution in [-0.2, 0) is 0 Å². The molecule has 0 aliphatic heterocycles. The minimum Gasteiger partial charge on any atom is -0.507 e. The molecule has 0 radical (unpaired) electrons. The Kier molecular flexibility index (Phi) is 4.86. The molecule has 2 N–H and O–H groups in total. The van der Waals surface area contributed by atoms with Gasteiger partial charge in [0, 0.05) is 12.1 Å². The lowest BCUT2D eigenvalue weighted by Crippen LogP contribution is -2.13. The molecule has 0 bridgehead atoms. The Balaban J connectivity index is 2.30. The monoisotopic (exact) mass is 334 g/mol. The van der Waals surface area contributed by atoms with Crippen molar-refractivity contribution in [2.45, 2.75) is 19.8 Å². The number of phenolic OH excluding ortho intramolecular Hbond substituents is 1. The van der Waals surface area contributed by atoms with Crippen molar-refractivity contribution >= 4 is 28.9 Å². The number of non-ortho nitro benzene ring substituents is 1. The van der Waals surface area contributed by atoms with Crippen LogP contribution in [0.15, 0.2) is 36.4 Å². The maximum atomic E-state index is 12.3. The van der Waals surface area contributed by atoms with Gasteiger partial charge in [-0.15, -0.1) is 0 Å². The van der Waals surface area contributed by atoms with Crippen LogP contribution >= 0.6 is 11.6 Å². The molecule has 0 spiro atoms. The molecule has 0 fully saturated rings. The number of hydrogen-bond donors (Lipinski definition) is 2. The zero-order valence-electron chi connectivity index (χ0n) is 12.5. The number of nitro groups is 1. The van der Waals surface area contributed by atoms with E-state index in [0.29, 0.717) is 5.56 Å². The van der Waals surface area contributed by atoms with E-state index < -0.39 is 10.8 Å². The molecule has 2 rings (SSSR count). The normalized spacial score (nSPS) is 10.6. The predicted octanol–water partition coefficient (Wildman–Crippen LogP) is 4.33. The van der Waals surface area contributed by atoms with Gasteiger partial charge in [-0.3, -0.25) is 14.9 Å². The van der Waals surface area contributed by atoms with Crippen LogP contribution in [0.1, 0.15) is 35.7 Å². The van der Waals surface area contributed by atoms with Gasteiger partial charge in [0.25, 0.3) is 11.6 Å². The molecule has 0 unspecified atom stereocenters. The number of para-hydroxylation sites is 1. The number of hydrogen-bond acceptors (Lipinski definition) is 4. The summed E-state index contributed by atoms with van der Waals surface area (Å²) < 4.78 is 0. The summed E-state index contributed by atoms with van der Waals surface area (Å²) in [5.74, 6) is -0.565. The van der Waals surface area contributed by atoms with Gasteiger partial charge in [-0.05, 0) is 23.6 Å². The van der Waals surface area contributed by atoms with Crippen LogP contribution < -0.4 is 5.32 Å². The fourth-order valence-electron chi connectivity index (χ4n) is 2.12. The molecular weight excluding hydrogens is 320 g/mol. The average Bonchev–Trinajstić information content (AvgIpc) is 2.48. The van der Waals surface area contributed by atoms with Gasteiger partial charge in [0.1, 0.15) is 5.75 Å². The highest BCUT2D eigenvalue weighted by molar-refractivity contribution is 6.34. The van der Waals surface area contributed by atoms with Crippen LogP contribution in [0, 0.1) is 10.1 Å². The Hall–Kier alpha value is -2.60. The maximum Gasteiger partial charge on any atom is 0.271 e. The average molecular weight is 335 g/mol. The minimum absolute atomic E-state index is 0.0482. The number of nitrogens with one attached hydrogen (secondary N) is 1. The van der Waals surface area contributed by atoms with Crippen molar-refractivity contribution in [1.29, 1.82) is 0 Å². The van der Waals surface area contributed by atoms with E-state index in [1.165, 1.54) is 18.2 Å². The molecule has 0 aliphatic carbocycles. The van der Waals surface area contributed by atoms with E-state index in [1.807, 2.05) is 13.8 Å². The summed E-state index contributed by atoms with van der Waals surface area (Å²) in [5.41, 5.74) is 0.840. The lowest BCUT2D eigenvalue weighted by molar-refractivity contribution is -0.384. The summed E-state index contributed by atoms with van der Waals surface area (Å²) >= 11 is 5.94. The number of carbonyl (C=O) groups is 1. The zero-order valence-corrected chi connectivity index (χ0v) is 13.3. The minimum atomic E-state index is -0.574. The smallest absolute Gasteiger partial charge is 0.271 e. The highest BCUT2D eigenvalue weighted by Gasteiger charge is 2.17. The fraction of sp³-hybridized carbons (Fsp3) is 0.188. The van der Waals surface area contributed by atoms with E-state index in [4.69, 9.17) is 11.6 Å². The largest absolute Gasteiger partial charge is 0.507 e. The van der Waals surface area contributed by atoms with Crippen LogP contribution in [0.2, 0.25) is 5.02 Å². The first-order chi connectivity index (χ1) is 10.8. The van der Waals surface area contributed by atoms with Crippen LogP contribution in [0.25, 0.3) is 0 Å². The first-order valence-electron chi connectivity index (χ1n) is 6.88. The Bertz CT molecular complexity index is 775. The molecule has 2 aromatic rings. The number of halogens is 1. The quantitative estimate of drug-likeness (QED) is 0.643. The third-order valence-electron chi connectivity index (χ3n) is 3.35. The molecule has 7 heteroatoms. The first kappa shape index (κ1) is 16.8. The molecule has 1 amide bonds. The maximum absolute atomic E-state index is 12.3. The predicted molar refractivity (Wildman–Crippen MR) is 88.3 cm³/mol. The molecule has 120 valence electrons. The Morgan fingerprint density at radius 3 is 2.57 bits per heavy atom. The molecule has 0 aromatic heterocycles. The van der Waals surface area contributed by atoms with Crippen LogP contribution in [0.3, 0.4) is 0 Å². The van der Waals surface area contributed by atoms with Crippen molar-refractivity contribution in [3.63, 3.8) is 0 Å². The summed E-state index contributed by atoms with van der Waals surface area (Å²) in [6.07, 6.45) is 0. The van der Waals surface area contributed by atoms with Crippen molar-refractivity contribution in [3.05, 3.63) is 62.7 Å². The van der Waals surface area contributed by atoms with Gasteiger partial charge in [0.2, 0.25) is 0 Å². The number of nitro benzene ring substituents is 1. The van der Waals surface area contributed by atoms with Gasteiger partial charge in [-0.2, -0.15) is 0 Å². The SMILES string of the molecule is CC(C)c1cccc(C(=O)Nc2ccc([N+](=O)[O-])cc2Cl)c1O. The Morgan fingerprint density at radius 1 is 1.30 bits per heavy atom. The van der Waals surface area contributed by atoms with Gasteiger partial charge >= 0.3 is 0 Å². The summed E-state index contributed by atoms with van der Waals surface area (Å²) in [6, 6.07) is 8.67. The van der Waals surface area contributed by atoms with Gasteiger partial charge in [0.15, 0.2) is 0 Å². The number of nitrogens with zero attached hydrogens (tertiary/aromatic N) is 1. The highest BCUT2D eigenvalue weighted by Crippen LogP contribution is 2.31. The van der Waals surface area contributed by atoms with E-state index in [-0.39, 0.29) is 33.6 Å². The molecule has 0 aliphatic rings.